The summed E-state index contributed by atoms with van der Waals surface area (Å²) in [5.41, 5.74) is 9.59. The number of pyridine rings is 1. The van der Waals surface area contributed by atoms with Gasteiger partial charge in [-0.05, 0) is 44.0 Å². The molecule has 0 unspecified atom stereocenters. The lowest BCUT2D eigenvalue weighted by Crippen LogP contribution is -1.96. The number of benzene rings is 1. The van der Waals surface area contributed by atoms with Gasteiger partial charge in [-0.3, -0.25) is 4.98 Å². The molecule has 0 radical (unpaired) electrons. The van der Waals surface area contributed by atoms with Crippen molar-refractivity contribution in [1.29, 1.82) is 0 Å². The molecule has 2 rings (SSSR count). The Morgan fingerprint density at radius 1 is 1.11 bits per heavy atom. The summed E-state index contributed by atoms with van der Waals surface area (Å²) in [7, 11) is 0. The van der Waals surface area contributed by atoms with Gasteiger partial charge in [0.25, 0.3) is 0 Å². The van der Waals surface area contributed by atoms with Gasteiger partial charge in [-0.1, -0.05) is 17.9 Å². The summed E-state index contributed by atoms with van der Waals surface area (Å²) in [6.07, 6.45) is 1.69. The van der Waals surface area contributed by atoms with Crippen LogP contribution < -0.4 is 5.73 Å². The Hall–Kier alpha value is -2.34. The number of nitrogens with zero attached hydrogens (tertiary/aromatic N) is 1. The van der Waals surface area contributed by atoms with Crippen molar-refractivity contribution in [2.24, 2.45) is 0 Å². The average molecular weight is 254 g/mol. The first-order valence-electron chi connectivity index (χ1n) is 5.99. The molecule has 96 valence electrons. The molecule has 0 aliphatic carbocycles. The molecule has 0 saturated heterocycles. The average Bonchev–Trinajstić information content (AvgIpc) is 2.38. The van der Waals surface area contributed by atoms with Crippen LogP contribution in [0.2, 0.25) is 0 Å². The fourth-order valence-corrected chi connectivity index (χ4v) is 1.69. The fourth-order valence-electron chi connectivity index (χ4n) is 1.69. The van der Waals surface area contributed by atoms with E-state index in [0.29, 0.717) is 5.56 Å². The van der Waals surface area contributed by atoms with Gasteiger partial charge in [0.05, 0.1) is 11.3 Å². The number of rotatable bonds is 0. The minimum absolute atomic E-state index is 0.119. The Bertz CT molecular complexity index is 694. The van der Waals surface area contributed by atoms with Crippen LogP contribution in [0.4, 0.5) is 10.1 Å². The summed E-state index contributed by atoms with van der Waals surface area (Å²) < 4.78 is 13.9. The SMILES string of the molecule is Cc1cc(C#Cc2c(C)ccc(N)c2F)cnc1C. The number of aromatic nitrogens is 1. The molecule has 1 heterocycles. The van der Waals surface area contributed by atoms with Gasteiger partial charge in [-0.15, -0.1) is 0 Å². The maximum absolute atomic E-state index is 13.9. The molecule has 1 aromatic heterocycles. The highest BCUT2D eigenvalue weighted by molar-refractivity contribution is 5.54. The first-order chi connectivity index (χ1) is 8.99. The predicted molar refractivity (Wildman–Crippen MR) is 75.2 cm³/mol. The first-order valence-corrected chi connectivity index (χ1v) is 5.99. The predicted octanol–water partition coefficient (Wildman–Crippen LogP) is 3.13. The zero-order valence-electron chi connectivity index (χ0n) is 11.2. The van der Waals surface area contributed by atoms with E-state index in [1.807, 2.05) is 26.8 Å². The summed E-state index contributed by atoms with van der Waals surface area (Å²) >= 11 is 0. The Kier molecular flexibility index (Phi) is 3.52. The van der Waals surface area contributed by atoms with Crippen LogP contribution in [0, 0.1) is 38.4 Å². The van der Waals surface area contributed by atoms with E-state index in [1.54, 1.807) is 18.3 Å². The fraction of sp³-hybridized carbons (Fsp3) is 0.188. The molecular weight excluding hydrogens is 239 g/mol. The summed E-state index contributed by atoms with van der Waals surface area (Å²) in [4.78, 5) is 4.23. The van der Waals surface area contributed by atoms with Crippen molar-refractivity contribution < 1.29 is 4.39 Å². The normalized spacial score (nSPS) is 9.89. The molecule has 2 nitrogen and oxygen atoms in total. The highest BCUT2D eigenvalue weighted by Crippen LogP contribution is 2.18. The molecule has 0 spiro atoms. The summed E-state index contributed by atoms with van der Waals surface area (Å²) in [5, 5.41) is 0. The first kappa shape index (κ1) is 13.1. The van der Waals surface area contributed by atoms with Crippen molar-refractivity contribution in [3.05, 3.63) is 58.2 Å². The number of nitrogen functional groups attached to an aromatic ring is 1. The van der Waals surface area contributed by atoms with Crippen LogP contribution in [-0.2, 0) is 0 Å². The number of hydrogen-bond acceptors (Lipinski definition) is 2. The molecule has 0 atom stereocenters. The van der Waals surface area contributed by atoms with Crippen molar-refractivity contribution in [3.8, 4) is 11.8 Å². The third-order valence-corrected chi connectivity index (χ3v) is 3.05. The van der Waals surface area contributed by atoms with Gasteiger partial charge >= 0.3 is 0 Å². The zero-order chi connectivity index (χ0) is 14.0. The molecule has 0 aliphatic rings. The second-order valence-corrected chi connectivity index (χ2v) is 4.54. The van der Waals surface area contributed by atoms with E-state index in [2.05, 4.69) is 16.8 Å². The third-order valence-electron chi connectivity index (χ3n) is 3.05. The van der Waals surface area contributed by atoms with E-state index < -0.39 is 5.82 Å². The molecule has 2 N–H and O–H groups in total. The van der Waals surface area contributed by atoms with Crippen molar-refractivity contribution in [3.63, 3.8) is 0 Å². The molecular formula is C16H15FN2. The monoisotopic (exact) mass is 254 g/mol. The molecule has 2 aromatic rings. The van der Waals surface area contributed by atoms with E-state index in [9.17, 15) is 4.39 Å². The summed E-state index contributed by atoms with van der Waals surface area (Å²) in [6, 6.07) is 5.25. The van der Waals surface area contributed by atoms with E-state index in [-0.39, 0.29) is 5.69 Å². The highest BCUT2D eigenvalue weighted by atomic mass is 19.1. The molecule has 0 aliphatic heterocycles. The van der Waals surface area contributed by atoms with Crippen molar-refractivity contribution >= 4 is 5.69 Å². The minimum Gasteiger partial charge on any atom is -0.396 e. The van der Waals surface area contributed by atoms with Gasteiger partial charge in [0.2, 0.25) is 0 Å². The second-order valence-electron chi connectivity index (χ2n) is 4.54. The maximum atomic E-state index is 13.9. The van der Waals surface area contributed by atoms with Crippen LogP contribution in [-0.4, -0.2) is 4.98 Å². The largest absolute Gasteiger partial charge is 0.396 e. The van der Waals surface area contributed by atoms with E-state index in [1.165, 1.54) is 0 Å². The topological polar surface area (TPSA) is 38.9 Å². The molecule has 19 heavy (non-hydrogen) atoms. The molecule has 0 bridgehead atoms. The Morgan fingerprint density at radius 3 is 2.53 bits per heavy atom. The molecule has 3 heteroatoms. The van der Waals surface area contributed by atoms with E-state index in [0.717, 1.165) is 22.4 Å². The van der Waals surface area contributed by atoms with Crippen LogP contribution in [0.1, 0.15) is 27.9 Å². The van der Waals surface area contributed by atoms with Crippen LogP contribution in [0.25, 0.3) is 0 Å². The summed E-state index contributed by atoms with van der Waals surface area (Å²) in [5.74, 6) is 5.32. The van der Waals surface area contributed by atoms with Crippen molar-refractivity contribution in [2.45, 2.75) is 20.8 Å². The van der Waals surface area contributed by atoms with Crippen LogP contribution in [0.3, 0.4) is 0 Å². The van der Waals surface area contributed by atoms with Gasteiger partial charge in [0, 0.05) is 17.5 Å². The quantitative estimate of drug-likeness (QED) is 0.579. The Morgan fingerprint density at radius 2 is 1.84 bits per heavy atom. The van der Waals surface area contributed by atoms with Crippen molar-refractivity contribution in [1.82, 2.24) is 4.98 Å². The highest BCUT2D eigenvalue weighted by Gasteiger charge is 2.06. The standard InChI is InChI=1S/C16H15FN2/c1-10-4-7-15(18)16(17)14(10)6-5-13-8-11(2)12(3)19-9-13/h4,7-9H,18H2,1-3H3. The Balaban J connectivity index is 2.45. The summed E-state index contributed by atoms with van der Waals surface area (Å²) in [6.45, 7) is 5.72. The van der Waals surface area contributed by atoms with Crippen LogP contribution >= 0.6 is 0 Å². The molecule has 1 aromatic carbocycles. The number of aryl methyl sites for hydroxylation is 3. The smallest absolute Gasteiger partial charge is 0.161 e. The van der Waals surface area contributed by atoms with Crippen LogP contribution in [0.5, 0.6) is 0 Å². The molecule has 0 fully saturated rings. The Labute approximate surface area is 112 Å². The molecule has 0 amide bonds. The number of nitrogens with two attached hydrogens (primary N) is 1. The van der Waals surface area contributed by atoms with Gasteiger partial charge in [0.1, 0.15) is 0 Å². The second kappa shape index (κ2) is 5.11. The lowest BCUT2D eigenvalue weighted by Gasteiger charge is -2.03. The van der Waals surface area contributed by atoms with Gasteiger partial charge in [0.15, 0.2) is 5.82 Å². The van der Waals surface area contributed by atoms with Crippen LogP contribution in [0.15, 0.2) is 24.4 Å². The van der Waals surface area contributed by atoms with Crippen molar-refractivity contribution in [2.75, 3.05) is 5.73 Å². The van der Waals surface area contributed by atoms with Gasteiger partial charge < -0.3 is 5.73 Å². The van der Waals surface area contributed by atoms with Gasteiger partial charge in [-0.25, -0.2) is 4.39 Å². The number of anilines is 1. The lowest BCUT2D eigenvalue weighted by molar-refractivity contribution is 0.628. The zero-order valence-corrected chi connectivity index (χ0v) is 11.2. The number of halogens is 1. The molecule has 0 saturated carbocycles. The number of hydrogen-bond donors (Lipinski definition) is 1. The lowest BCUT2D eigenvalue weighted by atomic mass is 10.1. The van der Waals surface area contributed by atoms with Gasteiger partial charge in [-0.2, -0.15) is 0 Å². The minimum atomic E-state index is -0.454. The van der Waals surface area contributed by atoms with E-state index >= 15 is 0 Å². The maximum Gasteiger partial charge on any atom is 0.161 e. The van der Waals surface area contributed by atoms with E-state index in [4.69, 9.17) is 5.73 Å². The third kappa shape index (κ3) is 2.74.